The van der Waals surface area contributed by atoms with E-state index < -0.39 is 0 Å². The number of carbonyl (C=O) groups excluding carboxylic acids is 1. The Balaban J connectivity index is 2.45. The van der Waals surface area contributed by atoms with Crippen LogP contribution in [0.25, 0.3) is 0 Å². The molecule has 0 bridgehead atoms. The molecule has 0 unspecified atom stereocenters. The van der Waals surface area contributed by atoms with E-state index in [2.05, 4.69) is 25.7 Å². The van der Waals surface area contributed by atoms with Gasteiger partial charge in [-0.05, 0) is 24.7 Å². The first-order valence-corrected chi connectivity index (χ1v) is 5.83. The monoisotopic (exact) mass is 197 g/mol. The number of piperidine rings is 1. The van der Waals surface area contributed by atoms with Crippen LogP contribution in [0.2, 0.25) is 0 Å². The third-order valence-electron chi connectivity index (χ3n) is 2.97. The van der Waals surface area contributed by atoms with Gasteiger partial charge < -0.3 is 4.90 Å². The maximum Gasteiger partial charge on any atom is 0.222 e. The largest absolute Gasteiger partial charge is 0.342 e. The first kappa shape index (κ1) is 11.5. The summed E-state index contributed by atoms with van der Waals surface area (Å²) in [5.41, 5.74) is 0.293. The molecule has 82 valence electrons. The lowest BCUT2D eigenvalue weighted by Gasteiger charge is -2.34. The van der Waals surface area contributed by atoms with Gasteiger partial charge in [-0.3, -0.25) is 4.79 Å². The molecule has 0 spiro atoms. The van der Waals surface area contributed by atoms with Crippen molar-refractivity contribution in [3.63, 3.8) is 0 Å². The quantitative estimate of drug-likeness (QED) is 0.678. The number of hydrogen-bond donors (Lipinski definition) is 0. The van der Waals surface area contributed by atoms with Crippen molar-refractivity contribution in [1.82, 2.24) is 4.90 Å². The maximum atomic E-state index is 11.6. The molecule has 1 saturated heterocycles. The zero-order valence-corrected chi connectivity index (χ0v) is 9.81. The molecule has 0 atom stereocenters. The van der Waals surface area contributed by atoms with E-state index in [0.29, 0.717) is 11.3 Å². The summed E-state index contributed by atoms with van der Waals surface area (Å²) in [6.45, 7) is 8.65. The van der Waals surface area contributed by atoms with E-state index in [4.69, 9.17) is 0 Å². The van der Waals surface area contributed by atoms with E-state index in [9.17, 15) is 4.79 Å². The van der Waals surface area contributed by atoms with Crippen molar-refractivity contribution in [2.75, 3.05) is 13.1 Å². The van der Waals surface area contributed by atoms with Crippen LogP contribution in [0.3, 0.4) is 0 Å². The second kappa shape index (κ2) is 4.81. The number of amides is 1. The van der Waals surface area contributed by atoms with Gasteiger partial charge in [-0.15, -0.1) is 0 Å². The maximum absolute atomic E-state index is 11.6. The van der Waals surface area contributed by atoms with Crippen LogP contribution in [-0.4, -0.2) is 23.9 Å². The summed E-state index contributed by atoms with van der Waals surface area (Å²) >= 11 is 0. The van der Waals surface area contributed by atoms with Gasteiger partial charge in [0.2, 0.25) is 5.91 Å². The molecule has 2 nitrogen and oxygen atoms in total. The van der Waals surface area contributed by atoms with E-state index in [1.807, 2.05) is 0 Å². The van der Waals surface area contributed by atoms with Gasteiger partial charge in [-0.25, -0.2) is 0 Å². The average molecular weight is 197 g/mol. The van der Waals surface area contributed by atoms with Crippen molar-refractivity contribution in [2.24, 2.45) is 5.41 Å². The molecule has 1 heterocycles. The Morgan fingerprint density at radius 1 is 1.36 bits per heavy atom. The predicted molar refractivity (Wildman–Crippen MR) is 59.1 cm³/mol. The van der Waals surface area contributed by atoms with Crippen LogP contribution < -0.4 is 0 Å². The Bertz CT molecular complexity index is 198. The molecule has 0 aliphatic carbocycles. The Kier molecular flexibility index (Phi) is 3.97. The summed E-state index contributed by atoms with van der Waals surface area (Å²) < 4.78 is 0. The standard InChI is InChI=1S/C12H23NO/c1-4-8-12(2,3)10-13-9-6-5-7-11(13)14/h4-10H2,1-3H3. The number of likely N-dealkylation sites (tertiary alicyclic amines) is 1. The van der Waals surface area contributed by atoms with Crippen molar-refractivity contribution in [3.8, 4) is 0 Å². The van der Waals surface area contributed by atoms with Crippen LogP contribution in [-0.2, 0) is 4.79 Å². The fourth-order valence-electron chi connectivity index (χ4n) is 2.30. The number of hydrogen-bond acceptors (Lipinski definition) is 1. The van der Waals surface area contributed by atoms with Gasteiger partial charge >= 0.3 is 0 Å². The van der Waals surface area contributed by atoms with Gasteiger partial charge in [-0.2, -0.15) is 0 Å². The zero-order valence-electron chi connectivity index (χ0n) is 9.81. The van der Waals surface area contributed by atoms with Crippen molar-refractivity contribution in [1.29, 1.82) is 0 Å². The first-order chi connectivity index (χ1) is 6.55. The molecule has 1 aliphatic heterocycles. The molecule has 14 heavy (non-hydrogen) atoms. The smallest absolute Gasteiger partial charge is 0.222 e. The first-order valence-electron chi connectivity index (χ1n) is 5.83. The van der Waals surface area contributed by atoms with E-state index in [0.717, 1.165) is 25.9 Å². The van der Waals surface area contributed by atoms with Crippen molar-refractivity contribution in [2.45, 2.75) is 52.9 Å². The SMILES string of the molecule is CCCC(C)(C)CN1CCCCC1=O. The van der Waals surface area contributed by atoms with E-state index in [1.54, 1.807) is 0 Å². The third-order valence-corrected chi connectivity index (χ3v) is 2.97. The molecule has 1 aliphatic rings. The molecule has 0 N–H and O–H groups in total. The van der Waals surface area contributed by atoms with Crippen LogP contribution in [0, 0.1) is 5.41 Å². The fourth-order valence-corrected chi connectivity index (χ4v) is 2.30. The second-order valence-electron chi connectivity index (χ2n) is 5.19. The Morgan fingerprint density at radius 3 is 2.64 bits per heavy atom. The van der Waals surface area contributed by atoms with Crippen LogP contribution in [0.5, 0.6) is 0 Å². The number of nitrogens with zero attached hydrogens (tertiary/aromatic N) is 1. The molecule has 1 rings (SSSR count). The van der Waals surface area contributed by atoms with Gasteiger partial charge in [-0.1, -0.05) is 27.2 Å². The van der Waals surface area contributed by atoms with E-state index in [-0.39, 0.29) is 0 Å². The van der Waals surface area contributed by atoms with Crippen molar-refractivity contribution < 1.29 is 4.79 Å². The van der Waals surface area contributed by atoms with Crippen LogP contribution in [0.1, 0.15) is 52.9 Å². The number of carbonyl (C=O) groups is 1. The molecular formula is C12H23NO. The lowest BCUT2D eigenvalue weighted by atomic mass is 9.87. The van der Waals surface area contributed by atoms with Gasteiger partial charge in [0.25, 0.3) is 0 Å². The van der Waals surface area contributed by atoms with Crippen molar-refractivity contribution in [3.05, 3.63) is 0 Å². The van der Waals surface area contributed by atoms with Crippen LogP contribution in [0.15, 0.2) is 0 Å². The molecule has 2 heteroatoms. The van der Waals surface area contributed by atoms with Gasteiger partial charge in [0, 0.05) is 19.5 Å². The highest BCUT2D eigenvalue weighted by Crippen LogP contribution is 2.25. The third kappa shape index (κ3) is 3.32. The fraction of sp³-hybridized carbons (Fsp3) is 0.917. The summed E-state index contributed by atoms with van der Waals surface area (Å²) in [5, 5.41) is 0. The topological polar surface area (TPSA) is 20.3 Å². The lowest BCUT2D eigenvalue weighted by molar-refractivity contribution is -0.134. The number of rotatable bonds is 4. The molecule has 0 radical (unpaired) electrons. The molecular weight excluding hydrogens is 174 g/mol. The highest BCUT2D eigenvalue weighted by atomic mass is 16.2. The Morgan fingerprint density at radius 2 is 2.07 bits per heavy atom. The highest BCUT2D eigenvalue weighted by Gasteiger charge is 2.25. The Labute approximate surface area is 87.7 Å². The average Bonchev–Trinajstić information content (AvgIpc) is 2.08. The molecule has 0 aromatic carbocycles. The second-order valence-corrected chi connectivity index (χ2v) is 5.19. The van der Waals surface area contributed by atoms with E-state index in [1.165, 1.54) is 19.3 Å². The molecule has 0 aromatic heterocycles. The van der Waals surface area contributed by atoms with Gasteiger partial charge in [0.1, 0.15) is 0 Å². The minimum Gasteiger partial charge on any atom is -0.342 e. The zero-order chi connectivity index (χ0) is 10.6. The van der Waals surface area contributed by atoms with Gasteiger partial charge in [0.15, 0.2) is 0 Å². The minimum absolute atomic E-state index is 0.293. The van der Waals surface area contributed by atoms with E-state index >= 15 is 0 Å². The molecule has 1 amide bonds. The van der Waals surface area contributed by atoms with Crippen LogP contribution in [0.4, 0.5) is 0 Å². The molecule has 0 aromatic rings. The van der Waals surface area contributed by atoms with Gasteiger partial charge in [0.05, 0.1) is 0 Å². The highest BCUT2D eigenvalue weighted by molar-refractivity contribution is 5.76. The summed E-state index contributed by atoms with van der Waals surface area (Å²) in [6.07, 6.45) is 5.45. The summed E-state index contributed by atoms with van der Waals surface area (Å²) in [5.74, 6) is 0.362. The summed E-state index contributed by atoms with van der Waals surface area (Å²) in [6, 6.07) is 0. The molecule has 0 saturated carbocycles. The summed E-state index contributed by atoms with van der Waals surface area (Å²) in [7, 11) is 0. The lowest BCUT2D eigenvalue weighted by Crippen LogP contribution is -2.41. The summed E-state index contributed by atoms with van der Waals surface area (Å²) in [4.78, 5) is 13.7. The normalized spacial score (nSPS) is 18.8. The Hall–Kier alpha value is -0.530. The van der Waals surface area contributed by atoms with Crippen molar-refractivity contribution >= 4 is 5.91 Å². The van der Waals surface area contributed by atoms with Crippen LogP contribution >= 0.6 is 0 Å². The minimum atomic E-state index is 0.293. The predicted octanol–water partition coefficient (Wildman–Crippen LogP) is 2.83. The molecule has 1 fully saturated rings.